The molecule has 3 aliphatic rings. The van der Waals surface area contributed by atoms with Gasteiger partial charge >= 0.3 is 23.9 Å². The van der Waals surface area contributed by atoms with E-state index < -0.39 is 95.0 Å². The number of amides is 4. The number of oxime groups is 2. The number of hydrogen-bond donors (Lipinski definition) is 9. The number of thioether (sulfide) groups is 2. The summed E-state index contributed by atoms with van der Waals surface area (Å²) in [5.41, 5.74) is 3.98. The number of nitrogens with two attached hydrogens (primary N) is 1. The molecular formula is C32H30N10O14S4. The van der Waals surface area contributed by atoms with Crippen LogP contribution >= 0.6 is 46.2 Å². The monoisotopic (exact) mass is 906 g/mol. The number of nitrogens with zero attached hydrogens (tertiary/aromatic N) is 5. The predicted molar refractivity (Wildman–Crippen MR) is 214 cm³/mol. The van der Waals surface area contributed by atoms with Crippen LogP contribution in [0.4, 0.5) is 10.3 Å². The van der Waals surface area contributed by atoms with Crippen molar-refractivity contribution in [3.63, 3.8) is 0 Å². The summed E-state index contributed by atoms with van der Waals surface area (Å²) in [7, 11) is 0. The van der Waals surface area contributed by atoms with Crippen molar-refractivity contribution in [2.75, 3.05) is 35.8 Å². The summed E-state index contributed by atoms with van der Waals surface area (Å²) >= 11 is 3.79. The van der Waals surface area contributed by atoms with Crippen LogP contribution in [-0.2, 0) is 48.0 Å². The van der Waals surface area contributed by atoms with Crippen LogP contribution < -0.4 is 27.0 Å². The molecule has 0 aliphatic carbocycles. The number of fused-ring (bicyclic) bond motifs is 1. The second-order valence-corrected chi connectivity index (χ2v) is 15.8. The number of aliphatic carboxylic acids is 4. The van der Waals surface area contributed by atoms with Gasteiger partial charge in [-0.05, 0) is 11.1 Å². The summed E-state index contributed by atoms with van der Waals surface area (Å²) in [6.07, 6.45) is 2.61. The quantitative estimate of drug-likeness (QED) is 0.0465. The van der Waals surface area contributed by atoms with Gasteiger partial charge in [0.15, 0.2) is 21.7 Å². The second kappa shape index (κ2) is 19.3. The van der Waals surface area contributed by atoms with E-state index in [0.717, 1.165) is 51.1 Å². The number of carboxylic acids is 4. The number of thiazole rings is 2. The van der Waals surface area contributed by atoms with Crippen molar-refractivity contribution in [2.24, 2.45) is 10.3 Å². The van der Waals surface area contributed by atoms with E-state index in [4.69, 9.17) is 25.6 Å². The van der Waals surface area contributed by atoms with E-state index in [9.17, 15) is 48.6 Å². The zero-order chi connectivity index (χ0) is 43.8. The average Bonchev–Trinajstić information content (AvgIpc) is 3.86. The Hall–Kier alpha value is -6.78. The maximum atomic E-state index is 14.0. The molecule has 4 amide bonds. The van der Waals surface area contributed by atoms with Gasteiger partial charge in [0.2, 0.25) is 13.2 Å². The Labute approximate surface area is 352 Å². The molecule has 5 rings (SSSR count). The Balaban J connectivity index is 1.41. The fourth-order valence-electron chi connectivity index (χ4n) is 5.30. The fraction of sp³-hybridized carbons (Fsp3) is 0.250. The SMILES string of the molecule is C=CC1=C(C(=O)O)N[C@H](C(NC(=O)/C(=N\OCC(=O)O)c2csc(N)n2)C(=O)Nc2nc(/C(=N\OCC(=O)O)C(=O)N[C@@H]3C(=O)N4C(C(=O)O)=C(C=C)CS[C@H]34)cs2)SC1. The molecule has 60 heavy (non-hydrogen) atoms. The number of anilines is 2. The summed E-state index contributed by atoms with van der Waals surface area (Å²) < 4.78 is 0. The molecule has 316 valence electrons. The number of carboxylic acid groups (broad SMARTS) is 4. The third-order valence-corrected chi connectivity index (χ3v) is 11.9. The number of carbonyl (C=O) groups is 8. The van der Waals surface area contributed by atoms with Gasteiger partial charge < -0.3 is 57.1 Å². The normalized spacial score (nSPS) is 19.4. The number of carbonyl (C=O) groups excluding carboxylic acids is 4. The van der Waals surface area contributed by atoms with Gasteiger partial charge in [-0.1, -0.05) is 35.6 Å². The first-order valence-electron chi connectivity index (χ1n) is 16.5. The number of nitrogen functional groups attached to an aromatic ring is 1. The van der Waals surface area contributed by atoms with E-state index in [0.29, 0.717) is 5.57 Å². The number of β-lactam (4-membered cyclic amide) rings is 1. The standard InChI is InChI=1S/C32H30N10O14S4/c1-3-11-7-57-26(38-17(11)29(51)52)20(36-23(47)18(40-55-5-15(43)44)13-9-59-31(33)34-13)25(49)39-32-35-14(10-60-32)19(41-56-6-16(45)46)24(48)37-21-27(50)42-22(30(53)54)12(4-2)8-58-28(21)42/h3-4,9-10,20-21,26,28,38H,1-2,5-8H2,(H2,33,34)(H,36,47)(H,37,48)(H,43,44)(H,45,46)(H,51,52)(H,53,54)(H,35,39,49)/b40-18-,41-19+/t20?,21-,26+,28-/m1/s1. The number of hydrogen-bond acceptors (Lipinski definition) is 20. The molecule has 10 N–H and O–H groups in total. The molecule has 4 atom stereocenters. The van der Waals surface area contributed by atoms with Crippen LogP contribution in [0.2, 0.25) is 0 Å². The minimum Gasteiger partial charge on any atom is -0.479 e. The molecule has 0 aromatic carbocycles. The molecule has 24 nitrogen and oxygen atoms in total. The number of allylic oxidation sites excluding steroid dienone is 2. The predicted octanol–water partition coefficient (Wildman–Crippen LogP) is -0.972. The van der Waals surface area contributed by atoms with Crippen LogP contribution in [0.3, 0.4) is 0 Å². The molecule has 0 spiro atoms. The van der Waals surface area contributed by atoms with Gasteiger partial charge in [0.25, 0.3) is 23.6 Å². The number of rotatable bonds is 19. The molecule has 0 saturated carbocycles. The van der Waals surface area contributed by atoms with E-state index in [1.54, 1.807) is 0 Å². The van der Waals surface area contributed by atoms with Crippen molar-refractivity contribution in [1.82, 2.24) is 30.8 Å². The minimum atomic E-state index is -1.67. The Morgan fingerprint density at radius 3 is 2.07 bits per heavy atom. The molecule has 5 heterocycles. The average molecular weight is 907 g/mol. The molecule has 0 bridgehead atoms. The zero-order valence-corrected chi connectivity index (χ0v) is 33.4. The van der Waals surface area contributed by atoms with E-state index in [1.807, 2.05) is 0 Å². The van der Waals surface area contributed by atoms with Crippen LogP contribution in [0.25, 0.3) is 0 Å². The van der Waals surface area contributed by atoms with Gasteiger partial charge in [-0.25, -0.2) is 29.1 Å². The van der Waals surface area contributed by atoms with E-state index in [1.165, 1.54) is 22.9 Å². The molecular weight excluding hydrogens is 877 g/mol. The molecule has 1 fully saturated rings. The number of aromatic nitrogens is 2. The molecule has 0 radical (unpaired) electrons. The first kappa shape index (κ1) is 44.3. The topological polar surface area (TPSA) is 364 Å². The second-order valence-electron chi connectivity index (χ2n) is 11.8. The van der Waals surface area contributed by atoms with E-state index >= 15 is 0 Å². The minimum absolute atomic E-state index is 0.000895. The molecule has 28 heteroatoms. The largest absolute Gasteiger partial charge is 0.479 e. The molecule has 2 aromatic heterocycles. The van der Waals surface area contributed by atoms with Crippen molar-refractivity contribution in [2.45, 2.75) is 22.8 Å². The summed E-state index contributed by atoms with van der Waals surface area (Å²) in [5, 5.41) is 55.1. The zero-order valence-electron chi connectivity index (χ0n) is 30.2. The Bertz CT molecular complexity index is 2300. The lowest BCUT2D eigenvalue weighted by Gasteiger charge is -2.49. The van der Waals surface area contributed by atoms with E-state index in [2.05, 4.69) is 54.7 Å². The first-order valence-corrected chi connectivity index (χ1v) is 20.3. The highest BCUT2D eigenvalue weighted by Gasteiger charge is 2.54. The fourth-order valence-corrected chi connectivity index (χ4v) is 9.09. The third kappa shape index (κ3) is 10.1. The maximum absolute atomic E-state index is 14.0. The summed E-state index contributed by atoms with van der Waals surface area (Å²) in [6.45, 7) is 5.23. The lowest BCUT2D eigenvalue weighted by molar-refractivity contribution is -0.150. The lowest BCUT2D eigenvalue weighted by Crippen LogP contribution is -2.71. The molecule has 2 aromatic rings. The van der Waals surface area contributed by atoms with E-state index in [-0.39, 0.29) is 50.1 Å². The number of nitrogens with one attached hydrogen (secondary N) is 4. The van der Waals surface area contributed by atoms with Gasteiger partial charge in [0.1, 0.15) is 45.6 Å². The van der Waals surface area contributed by atoms with Crippen LogP contribution in [-0.4, -0.2) is 142 Å². The van der Waals surface area contributed by atoms with Crippen LogP contribution in [0, 0.1) is 0 Å². The van der Waals surface area contributed by atoms with Gasteiger partial charge in [0, 0.05) is 22.3 Å². The lowest BCUT2D eigenvalue weighted by atomic mass is 10.0. The van der Waals surface area contributed by atoms with Crippen molar-refractivity contribution in [3.8, 4) is 0 Å². The van der Waals surface area contributed by atoms with Crippen LogP contribution in [0.15, 0.2) is 68.9 Å². The smallest absolute Gasteiger partial charge is 0.352 e. The van der Waals surface area contributed by atoms with Crippen molar-refractivity contribution >= 4 is 115 Å². The van der Waals surface area contributed by atoms with Gasteiger partial charge in [-0.3, -0.25) is 24.1 Å². The molecule has 1 saturated heterocycles. The highest BCUT2D eigenvalue weighted by molar-refractivity contribution is 8.00. The van der Waals surface area contributed by atoms with Crippen LogP contribution in [0.5, 0.6) is 0 Å². The Kier molecular flexibility index (Phi) is 14.3. The third-order valence-electron chi connectivity index (χ3n) is 7.95. The van der Waals surface area contributed by atoms with Gasteiger partial charge in [0.05, 0.1) is 0 Å². The molecule has 1 unspecified atom stereocenters. The van der Waals surface area contributed by atoms with Gasteiger partial charge in [-0.15, -0.1) is 46.2 Å². The van der Waals surface area contributed by atoms with Crippen molar-refractivity contribution in [3.05, 3.63) is 70.0 Å². The Morgan fingerprint density at radius 2 is 1.50 bits per heavy atom. The van der Waals surface area contributed by atoms with Crippen LogP contribution in [0.1, 0.15) is 11.4 Å². The summed E-state index contributed by atoms with van der Waals surface area (Å²) in [5.74, 6) is -9.47. The van der Waals surface area contributed by atoms with Crippen molar-refractivity contribution < 1.29 is 68.5 Å². The summed E-state index contributed by atoms with van der Waals surface area (Å²) in [4.78, 5) is 119. The maximum Gasteiger partial charge on any atom is 0.352 e. The highest BCUT2D eigenvalue weighted by Crippen LogP contribution is 2.40. The van der Waals surface area contributed by atoms with Crippen molar-refractivity contribution in [1.29, 1.82) is 0 Å². The Morgan fingerprint density at radius 1 is 0.900 bits per heavy atom. The highest BCUT2D eigenvalue weighted by atomic mass is 32.2. The summed E-state index contributed by atoms with van der Waals surface area (Å²) in [6, 6.07) is -2.91. The van der Waals surface area contributed by atoms with Gasteiger partial charge in [-0.2, -0.15) is 0 Å². The first-order chi connectivity index (χ1) is 28.5. The molecule has 3 aliphatic heterocycles.